The van der Waals surface area contributed by atoms with E-state index < -0.39 is 0 Å². The number of carbonyl (C=O) groups is 1. The number of piperidine rings is 1. The fraction of sp³-hybridized carbons (Fsp3) is 0.533. The number of likely N-dealkylation sites (tertiary alicyclic amines) is 1. The van der Waals surface area contributed by atoms with Crippen molar-refractivity contribution >= 4 is 21.8 Å². The second-order valence-corrected chi connectivity index (χ2v) is 6.09. The molecule has 1 N–H and O–H groups in total. The molecule has 1 aromatic rings. The van der Waals surface area contributed by atoms with Crippen molar-refractivity contribution in [3.8, 4) is 0 Å². The molecule has 0 aromatic heterocycles. The normalized spacial score (nSPS) is 18.0. The van der Waals surface area contributed by atoms with Crippen LogP contribution < -0.4 is 5.32 Å². The molecule has 19 heavy (non-hydrogen) atoms. The molecule has 0 aliphatic carbocycles. The molecule has 0 spiro atoms. The number of amides is 1. The smallest absolute Gasteiger partial charge is 0.234 e. The van der Waals surface area contributed by atoms with Gasteiger partial charge in [-0.05, 0) is 50.6 Å². The van der Waals surface area contributed by atoms with Gasteiger partial charge >= 0.3 is 0 Å². The lowest BCUT2D eigenvalue weighted by molar-refractivity contribution is -0.123. The minimum atomic E-state index is 0.0605. The van der Waals surface area contributed by atoms with E-state index in [1.165, 1.54) is 19.3 Å². The Morgan fingerprint density at radius 3 is 2.53 bits per heavy atom. The summed E-state index contributed by atoms with van der Waals surface area (Å²) in [6.07, 6.45) is 3.73. The van der Waals surface area contributed by atoms with Crippen molar-refractivity contribution < 1.29 is 4.79 Å². The molecule has 1 aliphatic rings. The molecule has 1 aliphatic heterocycles. The van der Waals surface area contributed by atoms with E-state index in [1.807, 2.05) is 31.2 Å². The molecule has 1 aromatic carbocycles. The van der Waals surface area contributed by atoms with Crippen molar-refractivity contribution in [1.29, 1.82) is 0 Å². The lowest BCUT2D eigenvalue weighted by Crippen LogP contribution is -2.40. The summed E-state index contributed by atoms with van der Waals surface area (Å²) in [7, 11) is 0. The van der Waals surface area contributed by atoms with Gasteiger partial charge in [-0.15, -0.1) is 0 Å². The van der Waals surface area contributed by atoms with Crippen LogP contribution >= 0.6 is 15.9 Å². The van der Waals surface area contributed by atoms with E-state index in [2.05, 4.69) is 26.1 Å². The first kappa shape index (κ1) is 14.5. The van der Waals surface area contributed by atoms with Crippen molar-refractivity contribution in [3.63, 3.8) is 0 Å². The minimum Gasteiger partial charge on any atom is -0.348 e. The van der Waals surface area contributed by atoms with Crippen LogP contribution in [-0.2, 0) is 4.79 Å². The number of benzene rings is 1. The average Bonchev–Trinajstić information content (AvgIpc) is 2.40. The van der Waals surface area contributed by atoms with Crippen LogP contribution in [0.25, 0.3) is 0 Å². The molecule has 1 unspecified atom stereocenters. The van der Waals surface area contributed by atoms with Gasteiger partial charge in [-0.3, -0.25) is 9.69 Å². The Morgan fingerprint density at radius 2 is 1.89 bits per heavy atom. The predicted octanol–water partition coefficient (Wildman–Crippen LogP) is 3.11. The summed E-state index contributed by atoms with van der Waals surface area (Å²) >= 11 is 3.42. The number of hydrogen-bond acceptors (Lipinski definition) is 2. The van der Waals surface area contributed by atoms with Crippen LogP contribution in [0.4, 0.5) is 0 Å². The highest BCUT2D eigenvalue weighted by Gasteiger charge is 2.15. The number of halogens is 1. The summed E-state index contributed by atoms with van der Waals surface area (Å²) in [6, 6.07) is 8.14. The van der Waals surface area contributed by atoms with Crippen LogP contribution in [0.15, 0.2) is 28.7 Å². The monoisotopic (exact) mass is 324 g/mol. The van der Waals surface area contributed by atoms with Crippen LogP contribution in [0, 0.1) is 0 Å². The number of nitrogens with one attached hydrogen (secondary N) is 1. The molecule has 1 saturated heterocycles. The van der Waals surface area contributed by atoms with E-state index in [0.29, 0.717) is 6.54 Å². The Morgan fingerprint density at radius 1 is 1.26 bits per heavy atom. The van der Waals surface area contributed by atoms with Crippen LogP contribution in [0.5, 0.6) is 0 Å². The Hall–Kier alpha value is -0.870. The molecule has 1 heterocycles. The van der Waals surface area contributed by atoms with Crippen molar-refractivity contribution in [1.82, 2.24) is 10.2 Å². The summed E-state index contributed by atoms with van der Waals surface area (Å²) < 4.78 is 1.06. The van der Waals surface area contributed by atoms with Gasteiger partial charge in [-0.1, -0.05) is 34.5 Å². The SMILES string of the molecule is CC(NC(=O)CN1CCCCC1)c1ccc(Br)cc1. The standard InChI is InChI=1S/C15H21BrN2O/c1-12(13-5-7-14(16)8-6-13)17-15(19)11-18-9-3-2-4-10-18/h5-8,12H,2-4,9-11H2,1H3,(H,17,19). The van der Waals surface area contributed by atoms with Crippen molar-refractivity contribution in [2.45, 2.75) is 32.2 Å². The van der Waals surface area contributed by atoms with Gasteiger partial charge in [-0.25, -0.2) is 0 Å². The highest BCUT2D eigenvalue weighted by molar-refractivity contribution is 9.10. The zero-order valence-corrected chi connectivity index (χ0v) is 12.9. The van der Waals surface area contributed by atoms with Crippen LogP contribution in [0.2, 0.25) is 0 Å². The van der Waals surface area contributed by atoms with E-state index in [-0.39, 0.29) is 11.9 Å². The molecular weight excluding hydrogens is 304 g/mol. The highest BCUT2D eigenvalue weighted by atomic mass is 79.9. The fourth-order valence-corrected chi connectivity index (χ4v) is 2.71. The van der Waals surface area contributed by atoms with E-state index >= 15 is 0 Å². The zero-order chi connectivity index (χ0) is 13.7. The lowest BCUT2D eigenvalue weighted by atomic mass is 10.1. The molecule has 1 amide bonds. The maximum Gasteiger partial charge on any atom is 0.234 e. The molecule has 1 atom stereocenters. The molecule has 2 rings (SSSR count). The third-order valence-corrected chi connectivity index (χ3v) is 4.09. The van der Waals surface area contributed by atoms with Crippen LogP contribution in [0.1, 0.15) is 37.8 Å². The van der Waals surface area contributed by atoms with Crippen LogP contribution in [0.3, 0.4) is 0 Å². The van der Waals surface area contributed by atoms with E-state index in [9.17, 15) is 4.79 Å². The topological polar surface area (TPSA) is 32.3 Å². The second-order valence-electron chi connectivity index (χ2n) is 5.18. The van der Waals surface area contributed by atoms with Crippen molar-refractivity contribution in [3.05, 3.63) is 34.3 Å². The van der Waals surface area contributed by atoms with E-state index in [0.717, 1.165) is 23.1 Å². The number of carbonyl (C=O) groups excluding carboxylic acids is 1. The maximum atomic E-state index is 12.0. The fourth-order valence-electron chi connectivity index (χ4n) is 2.44. The number of nitrogens with zero attached hydrogens (tertiary/aromatic N) is 1. The molecule has 0 bridgehead atoms. The van der Waals surface area contributed by atoms with Gasteiger partial charge in [-0.2, -0.15) is 0 Å². The third kappa shape index (κ3) is 4.62. The molecule has 3 nitrogen and oxygen atoms in total. The van der Waals surface area contributed by atoms with Gasteiger partial charge in [0, 0.05) is 4.47 Å². The predicted molar refractivity (Wildman–Crippen MR) is 81.0 cm³/mol. The third-order valence-electron chi connectivity index (χ3n) is 3.56. The van der Waals surface area contributed by atoms with Crippen LogP contribution in [-0.4, -0.2) is 30.4 Å². The second kappa shape index (κ2) is 7.06. The maximum absolute atomic E-state index is 12.0. The summed E-state index contributed by atoms with van der Waals surface area (Å²) in [4.78, 5) is 14.2. The van der Waals surface area contributed by atoms with Gasteiger partial charge in [0.1, 0.15) is 0 Å². The quantitative estimate of drug-likeness (QED) is 0.922. The van der Waals surface area contributed by atoms with Crippen molar-refractivity contribution in [2.24, 2.45) is 0 Å². The lowest BCUT2D eigenvalue weighted by Gasteiger charge is -2.26. The first-order valence-corrected chi connectivity index (χ1v) is 7.71. The highest BCUT2D eigenvalue weighted by Crippen LogP contribution is 2.16. The minimum absolute atomic E-state index is 0.0605. The summed E-state index contributed by atoms with van der Waals surface area (Å²) in [5.74, 6) is 0.123. The first-order valence-electron chi connectivity index (χ1n) is 6.92. The Labute approximate surface area is 123 Å². The summed E-state index contributed by atoms with van der Waals surface area (Å²) in [5.41, 5.74) is 1.13. The van der Waals surface area contributed by atoms with Gasteiger partial charge < -0.3 is 5.32 Å². The molecule has 0 radical (unpaired) electrons. The van der Waals surface area contributed by atoms with Gasteiger partial charge in [0.2, 0.25) is 5.91 Å². The van der Waals surface area contributed by atoms with Gasteiger partial charge in [0.25, 0.3) is 0 Å². The summed E-state index contributed by atoms with van der Waals surface area (Å²) in [6.45, 7) is 4.67. The Kier molecular flexibility index (Phi) is 5.40. The molecule has 104 valence electrons. The van der Waals surface area contributed by atoms with E-state index in [1.54, 1.807) is 0 Å². The Bertz CT molecular complexity index is 413. The zero-order valence-electron chi connectivity index (χ0n) is 11.4. The summed E-state index contributed by atoms with van der Waals surface area (Å²) in [5, 5.41) is 3.07. The molecule has 4 heteroatoms. The van der Waals surface area contributed by atoms with E-state index in [4.69, 9.17) is 0 Å². The van der Waals surface area contributed by atoms with Crippen molar-refractivity contribution in [2.75, 3.05) is 19.6 Å². The molecule has 0 saturated carbocycles. The Balaban J connectivity index is 1.82. The average molecular weight is 325 g/mol. The first-order chi connectivity index (χ1) is 9.15. The van der Waals surface area contributed by atoms with Gasteiger partial charge in [0.05, 0.1) is 12.6 Å². The number of hydrogen-bond donors (Lipinski definition) is 1. The molecular formula is C15H21BrN2O. The van der Waals surface area contributed by atoms with Gasteiger partial charge in [0.15, 0.2) is 0 Å². The largest absolute Gasteiger partial charge is 0.348 e. The molecule has 1 fully saturated rings. The number of rotatable bonds is 4.